The Balaban J connectivity index is 1.34. The molecule has 3 N–H and O–H groups in total. The first-order valence-electron chi connectivity index (χ1n) is 11.4. The molecular weight excluding hydrogens is 437 g/mol. The first-order chi connectivity index (χ1) is 15.9. The van der Waals surface area contributed by atoms with Gasteiger partial charge in [0.05, 0.1) is 6.20 Å². The van der Waals surface area contributed by atoms with Gasteiger partial charge in [0, 0.05) is 23.3 Å². The molecule has 1 saturated heterocycles. The molecule has 3 aromatic rings. The molecule has 10 nitrogen and oxygen atoms in total. The Labute approximate surface area is 197 Å². The third kappa shape index (κ3) is 4.04. The number of nitrogens with zero attached hydrogens (tertiary/aromatic N) is 6. The van der Waals surface area contributed by atoms with Gasteiger partial charge >= 0.3 is 0 Å². The minimum Gasteiger partial charge on any atom is -0.478 e. The van der Waals surface area contributed by atoms with Gasteiger partial charge < -0.3 is 20.7 Å². The highest BCUT2D eigenvalue weighted by Crippen LogP contribution is 2.39. The number of benzene rings is 1. The highest BCUT2D eigenvalue weighted by atomic mass is 19.1. The van der Waals surface area contributed by atoms with Gasteiger partial charge in [-0.05, 0) is 82.5 Å². The summed E-state index contributed by atoms with van der Waals surface area (Å²) in [6.07, 6.45) is 2.15. The molecule has 1 aromatic carbocycles. The predicted molar refractivity (Wildman–Crippen MR) is 126 cm³/mol. The van der Waals surface area contributed by atoms with E-state index < -0.39 is 11.4 Å². The molecule has 2 aliphatic heterocycles. The number of hydrogen-bond acceptors (Lipinski definition) is 9. The molecule has 34 heavy (non-hydrogen) atoms. The fourth-order valence-corrected chi connectivity index (χ4v) is 5.02. The number of tetrazole rings is 1. The van der Waals surface area contributed by atoms with Gasteiger partial charge in [0.25, 0.3) is 0 Å². The second-order valence-electron chi connectivity index (χ2n) is 10.7. The standard InChI is InChI=1S/C23H30FN9O/c1-21(2)10-13(22(3,4)30-21)11-25-18-15(24)12-26-20(28-18)27-14-7-8-17-16(9-14)33-19(29-31-32-33)23(5,6)34-17/h7-9,12-13,30H,10-11H2,1-6H3,(H2,25,26,27,28)/t13-/m0/s1. The Hall–Kier alpha value is -3.34. The highest BCUT2D eigenvalue weighted by molar-refractivity contribution is 5.63. The normalized spacial score (nSPS) is 21.3. The largest absolute Gasteiger partial charge is 0.478 e. The Morgan fingerprint density at radius 1 is 1.21 bits per heavy atom. The number of aromatic nitrogens is 6. The van der Waals surface area contributed by atoms with Crippen LogP contribution in [0, 0.1) is 11.7 Å². The lowest BCUT2D eigenvalue weighted by molar-refractivity contribution is 0.0854. The molecule has 180 valence electrons. The molecule has 0 radical (unpaired) electrons. The van der Waals surface area contributed by atoms with Crippen LogP contribution in [0.4, 0.5) is 21.8 Å². The van der Waals surface area contributed by atoms with Crippen molar-refractivity contribution in [1.82, 2.24) is 35.5 Å². The second-order valence-corrected chi connectivity index (χ2v) is 10.7. The van der Waals surface area contributed by atoms with E-state index in [0.717, 1.165) is 6.42 Å². The van der Waals surface area contributed by atoms with Crippen molar-refractivity contribution < 1.29 is 9.13 Å². The zero-order valence-electron chi connectivity index (χ0n) is 20.3. The van der Waals surface area contributed by atoms with Gasteiger partial charge in [-0.3, -0.25) is 0 Å². The first-order valence-corrected chi connectivity index (χ1v) is 11.4. The van der Waals surface area contributed by atoms with Gasteiger partial charge in [0.15, 0.2) is 23.1 Å². The summed E-state index contributed by atoms with van der Waals surface area (Å²) < 4.78 is 22.2. The van der Waals surface area contributed by atoms with Crippen LogP contribution in [0.5, 0.6) is 5.75 Å². The minimum atomic E-state index is -0.648. The summed E-state index contributed by atoms with van der Waals surface area (Å²) in [5.41, 5.74) is 0.727. The molecule has 0 bridgehead atoms. The van der Waals surface area contributed by atoms with Crippen LogP contribution in [-0.2, 0) is 5.60 Å². The van der Waals surface area contributed by atoms with Gasteiger partial charge in [-0.15, -0.1) is 5.10 Å². The molecule has 0 spiro atoms. The van der Waals surface area contributed by atoms with Crippen molar-refractivity contribution in [3.05, 3.63) is 36.0 Å². The zero-order valence-corrected chi connectivity index (χ0v) is 20.3. The molecule has 0 unspecified atom stereocenters. The van der Waals surface area contributed by atoms with Gasteiger partial charge in [-0.25, -0.2) is 9.37 Å². The smallest absolute Gasteiger partial charge is 0.229 e. The quantitative estimate of drug-likeness (QED) is 0.518. The lowest BCUT2D eigenvalue weighted by Gasteiger charge is -2.31. The van der Waals surface area contributed by atoms with Crippen LogP contribution in [0.3, 0.4) is 0 Å². The topological polar surface area (TPSA) is 115 Å². The summed E-state index contributed by atoms with van der Waals surface area (Å²) in [7, 11) is 0. The first kappa shape index (κ1) is 22.5. The fraction of sp³-hybridized carbons (Fsp3) is 0.522. The number of rotatable bonds is 5. The summed E-state index contributed by atoms with van der Waals surface area (Å²) >= 11 is 0. The molecular formula is C23H30FN9O. The summed E-state index contributed by atoms with van der Waals surface area (Å²) in [6.45, 7) is 13.1. The SMILES string of the molecule is CC1(C)C[C@@H](CNc2nc(Nc3ccc4c(c3)-n3nnnc3C(C)(C)O4)ncc2F)C(C)(C)N1. The zero-order chi connectivity index (χ0) is 24.3. The average Bonchev–Trinajstić information content (AvgIpc) is 3.31. The van der Waals surface area contributed by atoms with E-state index in [1.54, 1.807) is 4.68 Å². The van der Waals surface area contributed by atoms with Gasteiger partial charge in [-0.1, -0.05) is 0 Å². The highest BCUT2D eigenvalue weighted by Gasteiger charge is 2.43. The number of hydrogen-bond donors (Lipinski definition) is 3. The van der Waals surface area contributed by atoms with Gasteiger partial charge in [-0.2, -0.15) is 9.67 Å². The molecule has 2 aliphatic rings. The Bertz CT molecular complexity index is 1240. The number of anilines is 3. The second kappa shape index (κ2) is 7.59. The maximum Gasteiger partial charge on any atom is 0.229 e. The van der Waals surface area contributed by atoms with E-state index in [1.165, 1.54) is 6.20 Å². The lowest BCUT2D eigenvalue weighted by atomic mass is 9.87. The minimum absolute atomic E-state index is 0.0393. The van der Waals surface area contributed by atoms with Crippen LogP contribution in [-0.4, -0.2) is 47.8 Å². The molecule has 0 aliphatic carbocycles. The summed E-state index contributed by atoms with van der Waals surface area (Å²) in [5, 5.41) is 22.0. The third-order valence-electron chi connectivity index (χ3n) is 6.51. The van der Waals surface area contributed by atoms with Crippen molar-refractivity contribution in [2.24, 2.45) is 5.92 Å². The Kier molecular flexibility index (Phi) is 5.01. The predicted octanol–water partition coefficient (Wildman–Crippen LogP) is 3.54. The summed E-state index contributed by atoms with van der Waals surface area (Å²) in [6, 6.07) is 5.53. The van der Waals surface area contributed by atoms with Crippen LogP contribution in [0.15, 0.2) is 24.4 Å². The number of fused-ring (bicyclic) bond motifs is 3. The fourth-order valence-electron chi connectivity index (χ4n) is 5.02. The maximum absolute atomic E-state index is 14.5. The molecule has 0 saturated carbocycles. The van der Waals surface area contributed by atoms with E-state index in [-0.39, 0.29) is 22.8 Å². The Morgan fingerprint density at radius 3 is 2.74 bits per heavy atom. The van der Waals surface area contributed by atoms with Gasteiger partial charge in [0.1, 0.15) is 11.4 Å². The molecule has 5 rings (SSSR count). The van der Waals surface area contributed by atoms with Crippen molar-refractivity contribution in [1.29, 1.82) is 0 Å². The third-order valence-corrected chi connectivity index (χ3v) is 6.51. The summed E-state index contributed by atoms with van der Waals surface area (Å²) in [4.78, 5) is 8.48. The molecule has 0 amide bonds. The van der Waals surface area contributed by atoms with E-state index in [9.17, 15) is 4.39 Å². The molecule has 2 aromatic heterocycles. The van der Waals surface area contributed by atoms with Crippen molar-refractivity contribution >= 4 is 17.5 Å². The molecule has 4 heterocycles. The van der Waals surface area contributed by atoms with E-state index in [4.69, 9.17) is 4.74 Å². The Morgan fingerprint density at radius 2 is 2.00 bits per heavy atom. The number of nitrogens with one attached hydrogen (secondary N) is 3. The van der Waals surface area contributed by atoms with E-state index >= 15 is 0 Å². The van der Waals surface area contributed by atoms with Crippen molar-refractivity contribution in [2.45, 2.75) is 64.6 Å². The van der Waals surface area contributed by atoms with Crippen molar-refractivity contribution in [3.63, 3.8) is 0 Å². The van der Waals surface area contributed by atoms with Crippen LogP contribution >= 0.6 is 0 Å². The van der Waals surface area contributed by atoms with Crippen LogP contribution < -0.4 is 20.7 Å². The van der Waals surface area contributed by atoms with E-state index in [1.807, 2.05) is 32.0 Å². The molecule has 1 atom stereocenters. The summed E-state index contributed by atoms with van der Waals surface area (Å²) in [5.74, 6) is 1.55. The molecule has 1 fully saturated rings. The lowest BCUT2D eigenvalue weighted by Crippen LogP contribution is -2.46. The molecule has 11 heteroatoms. The van der Waals surface area contributed by atoms with Crippen LogP contribution in [0.2, 0.25) is 0 Å². The number of ether oxygens (including phenoxy) is 1. The van der Waals surface area contributed by atoms with E-state index in [2.05, 4.69) is 69.1 Å². The average molecular weight is 468 g/mol. The monoisotopic (exact) mass is 467 g/mol. The van der Waals surface area contributed by atoms with Crippen LogP contribution in [0.25, 0.3) is 5.69 Å². The number of halogens is 1. The van der Waals surface area contributed by atoms with Crippen LogP contribution in [0.1, 0.15) is 53.8 Å². The maximum atomic E-state index is 14.5. The van der Waals surface area contributed by atoms with Crippen molar-refractivity contribution in [2.75, 3.05) is 17.2 Å². The van der Waals surface area contributed by atoms with E-state index in [0.29, 0.717) is 35.4 Å². The van der Waals surface area contributed by atoms with Gasteiger partial charge in [0.2, 0.25) is 5.95 Å². The van der Waals surface area contributed by atoms with Crippen molar-refractivity contribution in [3.8, 4) is 11.4 Å².